The van der Waals surface area contributed by atoms with E-state index in [2.05, 4.69) is 0 Å². The lowest BCUT2D eigenvalue weighted by Crippen LogP contribution is -2.15. The summed E-state index contributed by atoms with van der Waals surface area (Å²) >= 11 is 0. The zero-order valence-corrected chi connectivity index (χ0v) is 10.3. The van der Waals surface area contributed by atoms with Gasteiger partial charge in [0.05, 0.1) is 12.2 Å². The number of ketones is 1. The highest BCUT2D eigenvalue weighted by atomic mass is 16.5. The van der Waals surface area contributed by atoms with E-state index in [4.69, 9.17) is 10.5 Å². The van der Waals surface area contributed by atoms with Crippen molar-refractivity contribution in [3.63, 3.8) is 0 Å². The lowest BCUT2D eigenvalue weighted by atomic mass is 10.1. The molecule has 1 aromatic rings. The van der Waals surface area contributed by atoms with Crippen LogP contribution in [0.2, 0.25) is 0 Å². The van der Waals surface area contributed by atoms with Gasteiger partial charge in [0, 0.05) is 5.56 Å². The molecule has 1 amide bonds. The molecular formula is C13H17NO3. The van der Waals surface area contributed by atoms with Gasteiger partial charge in [-0.05, 0) is 31.0 Å². The minimum atomic E-state index is -0.591. The van der Waals surface area contributed by atoms with Crippen molar-refractivity contribution in [1.29, 1.82) is 0 Å². The minimum Gasteiger partial charge on any atom is -0.492 e. The van der Waals surface area contributed by atoms with E-state index >= 15 is 0 Å². The van der Waals surface area contributed by atoms with Crippen molar-refractivity contribution in [2.75, 3.05) is 6.61 Å². The van der Waals surface area contributed by atoms with Gasteiger partial charge in [0.2, 0.25) is 0 Å². The molecule has 2 N–H and O–H groups in total. The van der Waals surface area contributed by atoms with Crippen LogP contribution in [0.5, 0.6) is 5.75 Å². The Bertz CT molecular complexity index is 438. The van der Waals surface area contributed by atoms with Gasteiger partial charge in [0.25, 0.3) is 5.91 Å². The second-order valence-electron chi connectivity index (χ2n) is 4.34. The standard InChI is InChI=1S/C13H17NO3/c1-8(2)7-17-12-5-4-10(9(3)15)6-11(12)13(14)16/h4-6,8H,7H2,1-3H3,(H2,14,16). The van der Waals surface area contributed by atoms with Gasteiger partial charge in [-0.1, -0.05) is 13.8 Å². The van der Waals surface area contributed by atoms with Crippen molar-refractivity contribution in [2.24, 2.45) is 11.7 Å². The highest BCUT2D eigenvalue weighted by Crippen LogP contribution is 2.20. The van der Waals surface area contributed by atoms with Crippen molar-refractivity contribution in [1.82, 2.24) is 0 Å². The molecule has 17 heavy (non-hydrogen) atoms. The summed E-state index contributed by atoms with van der Waals surface area (Å²) in [5, 5.41) is 0. The molecule has 0 saturated carbocycles. The fourth-order valence-corrected chi connectivity index (χ4v) is 1.32. The smallest absolute Gasteiger partial charge is 0.252 e. The van der Waals surface area contributed by atoms with Crippen LogP contribution < -0.4 is 10.5 Å². The van der Waals surface area contributed by atoms with Gasteiger partial charge in [-0.15, -0.1) is 0 Å². The molecule has 1 rings (SSSR count). The first-order chi connectivity index (χ1) is 7.91. The Hall–Kier alpha value is -1.84. The SMILES string of the molecule is CC(=O)c1ccc(OCC(C)C)c(C(N)=O)c1. The molecule has 0 aliphatic heterocycles. The number of benzene rings is 1. The van der Waals surface area contributed by atoms with Crippen LogP contribution in [-0.2, 0) is 0 Å². The maximum absolute atomic E-state index is 11.3. The van der Waals surface area contributed by atoms with Crippen molar-refractivity contribution in [3.05, 3.63) is 29.3 Å². The van der Waals surface area contributed by atoms with Crippen molar-refractivity contribution >= 4 is 11.7 Å². The molecule has 0 heterocycles. The lowest BCUT2D eigenvalue weighted by Gasteiger charge is -2.12. The summed E-state index contributed by atoms with van der Waals surface area (Å²) in [6, 6.07) is 4.71. The third-order valence-corrected chi connectivity index (χ3v) is 2.22. The van der Waals surface area contributed by atoms with Crippen LogP contribution >= 0.6 is 0 Å². The number of carbonyl (C=O) groups excluding carboxylic acids is 2. The van der Waals surface area contributed by atoms with Crippen molar-refractivity contribution in [3.8, 4) is 5.75 Å². The molecule has 0 aliphatic rings. The van der Waals surface area contributed by atoms with Crippen LogP contribution in [0.1, 0.15) is 41.5 Å². The third-order valence-electron chi connectivity index (χ3n) is 2.22. The Morgan fingerprint density at radius 1 is 1.35 bits per heavy atom. The Labute approximate surface area is 101 Å². The normalized spacial score (nSPS) is 10.4. The van der Waals surface area contributed by atoms with Gasteiger partial charge < -0.3 is 10.5 Å². The number of rotatable bonds is 5. The first-order valence-corrected chi connectivity index (χ1v) is 5.49. The van der Waals surface area contributed by atoms with Crippen LogP contribution in [-0.4, -0.2) is 18.3 Å². The average Bonchev–Trinajstić information content (AvgIpc) is 2.25. The summed E-state index contributed by atoms with van der Waals surface area (Å²) in [7, 11) is 0. The summed E-state index contributed by atoms with van der Waals surface area (Å²) in [6.45, 7) is 5.95. The van der Waals surface area contributed by atoms with Crippen LogP contribution in [0.3, 0.4) is 0 Å². The zero-order chi connectivity index (χ0) is 13.0. The van der Waals surface area contributed by atoms with E-state index in [1.807, 2.05) is 13.8 Å². The number of Topliss-reactive ketones (excluding diaryl/α,β-unsaturated/α-hetero) is 1. The number of ether oxygens (including phenoxy) is 1. The molecular weight excluding hydrogens is 218 g/mol. The molecule has 0 unspecified atom stereocenters. The minimum absolute atomic E-state index is 0.108. The van der Waals surface area contributed by atoms with E-state index in [9.17, 15) is 9.59 Å². The van der Waals surface area contributed by atoms with Gasteiger partial charge in [0.15, 0.2) is 5.78 Å². The van der Waals surface area contributed by atoms with Crippen molar-refractivity contribution in [2.45, 2.75) is 20.8 Å². The van der Waals surface area contributed by atoms with Crippen LogP contribution in [0.4, 0.5) is 0 Å². The third kappa shape index (κ3) is 3.59. The lowest BCUT2D eigenvalue weighted by molar-refractivity contribution is 0.0995. The van der Waals surface area contributed by atoms with E-state index in [0.29, 0.717) is 23.8 Å². The first-order valence-electron chi connectivity index (χ1n) is 5.49. The van der Waals surface area contributed by atoms with Gasteiger partial charge in [-0.3, -0.25) is 9.59 Å². The number of nitrogens with two attached hydrogens (primary N) is 1. The Kier molecular flexibility index (Phi) is 4.26. The van der Waals surface area contributed by atoms with Crippen LogP contribution in [0, 0.1) is 5.92 Å². The largest absolute Gasteiger partial charge is 0.492 e. The summed E-state index contributed by atoms with van der Waals surface area (Å²) in [5.74, 6) is 0.0779. The molecule has 0 spiro atoms. The number of hydrogen-bond donors (Lipinski definition) is 1. The quantitative estimate of drug-likeness (QED) is 0.794. The van der Waals surface area contributed by atoms with Crippen molar-refractivity contribution < 1.29 is 14.3 Å². The van der Waals surface area contributed by atoms with Gasteiger partial charge in [-0.2, -0.15) is 0 Å². The second-order valence-corrected chi connectivity index (χ2v) is 4.34. The predicted molar refractivity (Wildman–Crippen MR) is 65.3 cm³/mol. The van der Waals surface area contributed by atoms with Gasteiger partial charge in [-0.25, -0.2) is 0 Å². The average molecular weight is 235 g/mol. The van der Waals surface area contributed by atoms with Crippen LogP contribution in [0.15, 0.2) is 18.2 Å². The van der Waals surface area contributed by atoms with E-state index in [0.717, 1.165) is 0 Å². The molecule has 0 bridgehead atoms. The maximum atomic E-state index is 11.3. The number of hydrogen-bond acceptors (Lipinski definition) is 3. The summed E-state index contributed by atoms with van der Waals surface area (Å²) in [6.07, 6.45) is 0. The molecule has 0 atom stereocenters. The molecule has 92 valence electrons. The molecule has 4 nitrogen and oxygen atoms in total. The first kappa shape index (κ1) is 13.2. The fraction of sp³-hybridized carbons (Fsp3) is 0.385. The van der Waals surface area contributed by atoms with E-state index in [-0.39, 0.29) is 11.3 Å². The predicted octanol–water partition coefficient (Wildman–Crippen LogP) is 2.02. The molecule has 0 radical (unpaired) electrons. The Balaban J connectivity index is 3.04. The maximum Gasteiger partial charge on any atom is 0.252 e. The van der Waals surface area contributed by atoms with E-state index in [1.165, 1.54) is 13.0 Å². The van der Waals surface area contributed by atoms with Gasteiger partial charge in [0.1, 0.15) is 5.75 Å². The molecule has 0 fully saturated rings. The molecule has 0 saturated heterocycles. The zero-order valence-electron chi connectivity index (χ0n) is 10.3. The molecule has 0 aliphatic carbocycles. The summed E-state index contributed by atoms with van der Waals surface area (Å²) in [5.41, 5.74) is 5.96. The Morgan fingerprint density at radius 2 is 2.00 bits per heavy atom. The topological polar surface area (TPSA) is 69.4 Å². The number of amides is 1. The summed E-state index contributed by atoms with van der Waals surface area (Å²) < 4.78 is 5.48. The Morgan fingerprint density at radius 3 is 2.47 bits per heavy atom. The van der Waals surface area contributed by atoms with Gasteiger partial charge >= 0.3 is 0 Å². The number of carbonyl (C=O) groups is 2. The second kappa shape index (κ2) is 5.48. The molecule has 0 aromatic heterocycles. The molecule has 4 heteroatoms. The van der Waals surface area contributed by atoms with E-state index < -0.39 is 5.91 Å². The van der Waals surface area contributed by atoms with E-state index in [1.54, 1.807) is 12.1 Å². The number of primary amides is 1. The highest BCUT2D eigenvalue weighted by molar-refractivity contribution is 6.00. The monoisotopic (exact) mass is 235 g/mol. The fourth-order valence-electron chi connectivity index (χ4n) is 1.32. The highest BCUT2D eigenvalue weighted by Gasteiger charge is 2.12. The summed E-state index contributed by atoms with van der Waals surface area (Å²) in [4.78, 5) is 22.5. The van der Waals surface area contributed by atoms with Crippen LogP contribution in [0.25, 0.3) is 0 Å². The molecule has 1 aromatic carbocycles.